The van der Waals surface area contributed by atoms with Gasteiger partial charge in [-0.1, -0.05) is 30.3 Å². The Morgan fingerprint density at radius 2 is 1.62 bits per heavy atom. The van der Waals surface area contributed by atoms with E-state index in [0.717, 1.165) is 6.07 Å². The second kappa shape index (κ2) is 9.17. The van der Waals surface area contributed by atoms with E-state index in [9.17, 15) is 19.7 Å². The Balaban J connectivity index is 1.42. The van der Waals surface area contributed by atoms with Gasteiger partial charge >= 0.3 is 5.97 Å². The number of fused-ring (bicyclic) bond motifs is 1. The number of carbonyl (C=O) groups excluding carboxylic acids is 2. The van der Waals surface area contributed by atoms with Crippen LogP contribution < -0.4 is 14.8 Å². The molecule has 32 heavy (non-hydrogen) atoms. The Labute approximate surface area is 182 Å². The number of carbonyl (C=O) groups is 2. The van der Waals surface area contributed by atoms with Crippen LogP contribution in [0.4, 0.5) is 11.4 Å². The normalized spacial score (nSPS) is 12.0. The highest BCUT2D eigenvalue weighted by molar-refractivity contribution is 6.04. The molecule has 0 saturated carbocycles. The summed E-state index contributed by atoms with van der Waals surface area (Å²) in [7, 11) is 0. The minimum absolute atomic E-state index is 0.120. The van der Waals surface area contributed by atoms with Gasteiger partial charge in [-0.05, 0) is 29.8 Å². The molecule has 4 rings (SSSR count). The maximum absolute atomic E-state index is 12.5. The largest absolute Gasteiger partial charge is 0.486 e. The number of anilines is 1. The van der Waals surface area contributed by atoms with Gasteiger partial charge in [0.15, 0.2) is 11.5 Å². The van der Waals surface area contributed by atoms with E-state index >= 15 is 0 Å². The lowest BCUT2D eigenvalue weighted by atomic mass is 10.1. The molecule has 0 radical (unpaired) electrons. The fourth-order valence-corrected chi connectivity index (χ4v) is 3.10. The van der Waals surface area contributed by atoms with E-state index in [2.05, 4.69) is 5.32 Å². The van der Waals surface area contributed by atoms with E-state index in [0.29, 0.717) is 16.8 Å². The number of hydrogen-bond acceptors (Lipinski definition) is 7. The van der Waals surface area contributed by atoms with E-state index in [-0.39, 0.29) is 42.8 Å². The second-order valence-electron chi connectivity index (χ2n) is 6.86. The molecule has 0 aromatic heterocycles. The Morgan fingerprint density at radius 3 is 2.28 bits per heavy atom. The van der Waals surface area contributed by atoms with Crippen molar-refractivity contribution in [3.05, 3.63) is 93.5 Å². The molecule has 0 unspecified atom stereocenters. The standard InChI is InChI=1S/C23H18N2O7/c26-22(24-17-4-2-1-3-5-17)16-8-6-15(7-9-16)14-32-23(27)18-12-20-21(31-11-10-30-20)13-19(18)25(28)29/h1-9,12-13H,10-11,14H2,(H,24,26). The van der Waals surface area contributed by atoms with Gasteiger partial charge in [0.25, 0.3) is 11.6 Å². The highest BCUT2D eigenvalue weighted by Gasteiger charge is 2.27. The fourth-order valence-electron chi connectivity index (χ4n) is 3.10. The first-order valence-electron chi connectivity index (χ1n) is 9.72. The van der Waals surface area contributed by atoms with Gasteiger partial charge in [-0.2, -0.15) is 0 Å². The second-order valence-corrected chi connectivity index (χ2v) is 6.86. The molecule has 0 saturated heterocycles. The predicted octanol–water partition coefficient (Wildman–Crippen LogP) is 3.98. The van der Waals surface area contributed by atoms with Crippen LogP contribution in [0, 0.1) is 10.1 Å². The highest BCUT2D eigenvalue weighted by Crippen LogP contribution is 2.37. The number of nitro groups is 1. The first kappa shape index (κ1) is 20.9. The average Bonchev–Trinajstić information content (AvgIpc) is 2.82. The molecule has 162 valence electrons. The van der Waals surface area contributed by atoms with Crippen molar-refractivity contribution in [2.24, 2.45) is 0 Å². The molecular weight excluding hydrogens is 416 g/mol. The fraction of sp³-hybridized carbons (Fsp3) is 0.130. The SMILES string of the molecule is O=C(Nc1ccccc1)c1ccc(COC(=O)c2cc3c(cc2[N+](=O)[O-])OCCO3)cc1. The third-order valence-corrected chi connectivity index (χ3v) is 4.69. The monoisotopic (exact) mass is 434 g/mol. The number of amides is 1. The number of hydrogen-bond donors (Lipinski definition) is 1. The van der Waals surface area contributed by atoms with Crippen molar-refractivity contribution in [1.29, 1.82) is 0 Å². The lowest BCUT2D eigenvalue weighted by Gasteiger charge is -2.18. The van der Waals surface area contributed by atoms with Gasteiger partial charge in [0, 0.05) is 17.3 Å². The van der Waals surface area contributed by atoms with Crippen LogP contribution in [-0.2, 0) is 11.3 Å². The van der Waals surface area contributed by atoms with Crippen molar-refractivity contribution in [3.8, 4) is 11.5 Å². The summed E-state index contributed by atoms with van der Waals surface area (Å²) < 4.78 is 16.0. The number of para-hydroxylation sites is 1. The Kier molecular flexibility index (Phi) is 5.98. The molecule has 0 bridgehead atoms. The molecule has 3 aromatic carbocycles. The Bertz CT molecular complexity index is 1160. The predicted molar refractivity (Wildman–Crippen MR) is 114 cm³/mol. The minimum Gasteiger partial charge on any atom is -0.486 e. The van der Waals surface area contributed by atoms with Crippen molar-refractivity contribution in [3.63, 3.8) is 0 Å². The maximum atomic E-state index is 12.5. The quantitative estimate of drug-likeness (QED) is 0.354. The topological polar surface area (TPSA) is 117 Å². The summed E-state index contributed by atoms with van der Waals surface area (Å²) in [5, 5.41) is 14.2. The van der Waals surface area contributed by atoms with Crippen LogP contribution in [0.1, 0.15) is 26.3 Å². The molecule has 0 fully saturated rings. The van der Waals surface area contributed by atoms with Crippen LogP contribution in [-0.4, -0.2) is 30.0 Å². The molecule has 1 amide bonds. The Morgan fingerprint density at radius 1 is 0.969 bits per heavy atom. The number of benzene rings is 3. The molecule has 9 nitrogen and oxygen atoms in total. The van der Waals surface area contributed by atoms with Crippen LogP contribution in [0.3, 0.4) is 0 Å². The van der Waals surface area contributed by atoms with E-state index in [1.807, 2.05) is 18.2 Å². The summed E-state index contributed by atoms with van der Waals surface area (Å²) in [6.07, 6.45) is 0. The lowest BCUT2D eigenvalue weighted by molar-refractivity contribution is -0.385. The maximum Gasteiger partial charge on any atom is 0.345 e. The summed E-state index contributed by atoms with van der Waals surface area (Å²) in [6.45, 7) is 0.432. The summed E-state index contributed by atoms with van der Waals surface area (Å²) in [6, 6.07) is 18.0. The van der Waals surface area contributed by atoms with E-state index in [1.165, 1.54) is 6.07 Å². The lowest BCUT2D eigenvalue weighted by Crippen LogP contribution is -2.17. The molecule has 0 aliphatic carbocycles. The molecule has 1 aliphatic heterocycles. The number of ether oxygens (including phenoxy) is 3. The smallest absolute Gasteiger partial charge is 0.345 e. The van der Waals surface area contributed by atoms with Crippen molar-refractivity contribution in [1.82, 2.24) is 0 Å². The molecule has 0 spiro atoms. The number of nitrogens with one attached hydrogen (secondary N) is 1. The van der Waals surface area contributed by atoms with Gasteiger partial charge < -0.3 is 19.5 Å². The minimum atomic E-state index is -0.862. The third kappa shape index (κ3) is 4.67. The highest BCUT2D eigenvalue weighted by atomic mass is 16.6. The molecule has 1 N–H and O–H groups in total. The number of nitrogens with zero attached hydrogens (tertiary/aromatic N) is 1. The summed E-state index contributed by atoms with van der Waals surface area (Å²) in [4.78, 5) is 35.5. The van der Waals surface area contributed by atoms with Crippen LogP contribution in [0.25, 0.3) is 0 Å². The molecule has 1 heterocycles. The first-order valence-corrected chi connectivity index (χ1v) is 9.72. The molecule has 0 atom stereocenters. The number of esters is 1. The zero-order chi connectivity index (χ0) is 22.5. The third-order valence-electron chi connectivity index (χ3n) is 4.69. The van der Waals surface area contributed by atoms with Gasteiger partial charge in [0.1, 0.15) is 25.4 Å². The average molecular weight is 434 g/mol. The van der Waals surface area contributed by atoms with Crippen molar-refractivity contribution < 1.29 is 28.7 Å². The van der Waals surface area contributed by atoms with Crippen molar-refractivity contribution in [2.75, 3.05) is 18.5 Å². The van der Waals surface area contributed by atoms with Crippen LogP contribution in [0.2, 0.25) is 0 Å². The van der Waals surface area contributed by atoms with Gasteiger partial charge in [-0.3, -0.25) is 14.9 Å². The summed E-state index contributed by atoms with van der Waals surface area (Å²) in [5.74, 6) is -0.669. The van der Waals surface area contributed by atoms with Gasteiger partial charge in [0.05, 0.1) is 11.0 Å². The first-order chi connectivity index (χ1) is 15.5. The molecule has 3 aromatic rings. The van der Waals surface area contributed by atoms with Gasteiger partial charge in [-0.15, -0.1) is 0 Å². The van der Waals surface area contributed by atoms with Crippen molar-refractivity contribution >= 4 is 23.3 Å². The number of nitro benzene ring substituents is 1. The molecule has 1 aliphatic rings. The van der Waals surface area contributed by atoms with E-state index in [1.54, 1.807) is 36.4 Å². The van der Waals surface area contributed by atoms with E-state index < -0.39 is 16.6 Å². The van der Waals surface area contributed by atoms with Gasteiger partial charge in [0.2, 0.25) is 0 Å². The zero-order valence-electron chi connectivity index (χ0n) is 16.8. The number of rotatable bonds is 6. The Hall–Kier alpha value is -4.40. The molecular formula is C23H18N2O7. The van der Waals surface area contributed by atoms with Crippen LogP contribution in [0.15, 0.2) is 66.7 Å². The van der Waals surface area contributed by atoms with Crippen LogP contribution in [0.5, 0.6) is 11.5 Å². The van der Waals surface area contributed by atoms with Gasteiger partial charge in [-0.25, -0.2) is 4.79 Å². The zero-order valence-corrected chi connectivity index (χ0v) is 16.8. The molecule has 9 heteroatoms. The van der Waals surface area contributed by atoms with Crippen molar-refractivity contribution in [2.45, 2.75) is 6.61 Å². The summed E-state index contributed by atoms with van der Waals surface area (Å²) in [5.41, 5.74) is 1.09. The van der Waals surface area contributed by atoms with E-state index in [4.69, 9.17) is 14.2 Å². The van der Waals surface area contributed by atoms with Crippen LogP contribution >= 0.6 is 0 Å². The summed E-state index contributed by atoms with van der Waals surface area (Å²) >= 11 is 0.